The molecule has 0 atom stereocenters. The SMILES string of the molecule is CCc1nc2ccc(Cl)cn2c1C(=O)Nc1ccc(S(=O)(=O)NC(C)=O)cc1. The molecule has 0 aliphatic carbocycles. The molecular weight excluding hydrogens is 404 g/mol. The van der Waals surface area contributed by atoms with Gasteiger partial charge in [0.2, 0.25) is 5.91 Å². The number of pyridine rings is 1. The van der Waals surface area contributed by atoms with Crippen molar-refractivity contribution < 1.29 is 18.0 Å². The largest absolute Gasteiger partial charge is 0.321 e. The molecule has 10 heteroatoms. The first-order valence-corrected chi connectivity index (χ1v) is 10.2. The predicted molar refractivity (Wildman–Crippen MR) is 105 cm³/mol. The summed E-state index contributed by atoms with van der Waals surface area (Å²) in [4.78, 5) is 28.2. The van der Waals surface area contributed by atoms with Gasteiger partial charge >= 0.3 is 0 Å². The van der Waals surface area contributed by atoms with Crippen molar-refractivity contribution in [2.45, 2.75) is 25.2 Å². The highest BCUT2D eigenvalue weighted by atomic mass is 35.5. The van der Waals surface area contributed by atoms with Crippen molar-refractivity contribution in [1.82, 2.24) is 14.1 Å². The lowest BCUT2D eigenvalue weighted by Crippen LogP contribution is -2.28. The van der Waals surface area contributed by atoms with E-state index in [9.17, 15) is 18.0 Å². The Morgan fingerprint density at radius 1 is 1.14 bits per heavy atom. The molecule has 0 unspecified atom stereocenters. The van der Waals surface area contributed by atoms with Gasteiger partial charge in [0.25, 0.3) is 15.9 Å². The Labute approximate surface area is 166 Å². The molecule has 0 saturated carbocycles. The van der Waals surface area contributed by atoms with Crippen LogP contribution < -0.4 is 10.0 Å². The molecule has 0 spiro atoms. The van der Waals surface area contributed by atoms with Crippen LogP contribution in [0.2, 0.25) is 5.02 Å². The van der Waals surface area contributed by atoms with Crippen molar-refractivity contribution in [3.8, 4) is 0 Å². The highest BCUT2D eigenvalue weighted by molar-refractivity contribution is 7.90. The number of imidazole rings is 1. The first-order valence-electron chi connectivity index (χ1n) is 8.32. The summed E-state index contributed by atoms with van der Waals surface area (Å²) in [6.07, 6.45) is 2.16. The fraction of sp³-hybridized carbons (Fsp3) is 0.167. The zero-order valence-electron chi connectivity index (χ0n) is 15.1. The predicted octanol–water partition coefficient (Wildman–Crippen LogP) is 2.63. The summed E-state index contributed by atoms with van der Waals surface area (Å²) in [5, 5.41) is 3.19. The number of hydrogen-bond acceptors (Lipinski definition) is 5. The van der Waals surface area contributed by atoms with E-state index in [1.165, 1.54) is 24.3 Å². The summed E-state index contributed by atoms with van der Waals surface area (Å²) in [6.45, 7) is 3.00. The molecule has 0 aliphatic rings. The number of halogens is 1. The first kappa shape index (κ1) is 19.8. The summed E-state index contributed by atoms with van der Waals surface area (Å²) in [5.41, 5.74) is 1.97. The molecule has 2 amide bonds. The Bertz CT molecular complexity index is 1170. The lowest BCUT2D eigenvalue weighted by Gasteiger charge is -2.09. The van der Waals surface area contributed by atoms with Crippen LogP contribution in [0, 0.1) is 0 Å². The topological polar surface area (TPSA) is 110 Å². The summed E-state index contributed by atoms with van der Waals surface area (Å²) >= 11 is 6.04. The number of fused-ring (bicyclic) bond motifs is 1. The third kappa shape index (κ3) is 4.00. The smallest absolute Gasteiger partial charge is 0.274 e. The summed E-state index contributed by atoms with van der Waals surface area (Å²) in [6, 6.07) is 8.89. The van der Waals surface area contributed by atoms with Crippen molar-refractivity contribution in [3.05, 3.63) is 59.0 Å². The molecule has 3 rings (SSSR count). The fourth-order valence-corrected chi connectivity index (χ4v) is 3.86. The van der Waals surface area contributed by atoms with Crippen LogP contribution in [-0.2, 0) is 21.2 Å². The number of aromatic nitrogens is 2. The summed E-state index contributed by atoms with van der Waals surface area (Å²) < 4.78 is 27.5. The molecule has 2 aromatic heterocycles. The van der Waals surface area contributed by atoms with Gasteiger partial charge in [0, 0.05) is 18.8 Å². The van der Waals surface area contributed by atoms with Crippen LogP contribution in [0.15, 0.2) is 47.5 Å². The van der Waals surface area contributed by atoms with E-state index in [1.807, 2.05) is 11.6 Å². The molecule has 0 bridgehead atoms. The van der Waals surface area contributed by atoms with Crippen LogP contribution in [0.4, 0.5) is 5.69 Å². The van der Waals surface area contributed by atoms with E-state index in [2.05, 4.69) is 10.3 Å². The first-order chi connectivity index (χ1) is 13.2. The van der Waals surface area contributed by atoms with E-state index in [-0.39, 0.29) is 4.90 Å². The van der Waals surface area contributed by atoms with E-state index in [4.69, 9.17) is 11.6 Å². The van der Waals surface area contributed by atoms with Gasteiger partial charge in [-0.3, -0.25) is 14.0 Å². The Hall–Kier alpha value is -2.91. The van der Waals surface area contributed by atoms with Crippen LogP contribution in [0.5, 0.6) is 0 Å². The molecule has 2 heterocycles. The lowest BCUT2D eigenvalue weighted by atomic mass is 10.2. The number of anilines is 1. The van der Waals surface area contributed by atoms with Crippen LogP contribution >= 0.6 is 11.6 Å². The van der Waals surface area contributed by atoms with Crippen LogP contribution in [-0.4, -0.2) is 29.6 Å². The minimum atomic E-state index is -3.93. The van der Waals surface area contributed by atoms with Gasteiger partial charge in [0.05, 0.1) is 15.6 Å². The van der Waals surface area contributed by atoms with Gasteiger partial charge in [-0.25, -0.2) is 18.1 Å². The van der Waals surface area contributed by atoms with Gasteiger partial charge in [-0.2, -0.15) is 0 Å². The minimum Gasteiger partial charge on any atom is -0.321 e. The number of carbonyl (C=O) groups excluding carboxylic acids is 2. The van der Waals surface area contributed by atoms with E-state index in [1.54, 1.807) is 22.7 Å². The van der Waals surface area contributed by atoms with Gasteiger partial charge in [-0.1, -0.05) is 18.5 Å². The highest BCUT2D eigenvalue weighted by Crippen LogP contribution is 2.20. The number of nitrogens with one attached hydrogen (secondary N) is 2. The molecule has 146 valence electrons. The molecular formula is C18H17ClN4O4S. The number of aryl methyl sites for hydroxylation is 1. The Balaban J connectivity index is 1.89. The second kappa shape index (κ2) is 7.61. The van der Waals surface area contributed by atoms with Gasteiger partial charge in [-0.15, -0.1) is 0 Å². The van der Waals surface area contributed by atoms with E-state index < -0.39 is 21.8 Å². The van der Waals surface area contributed by atoms with Gasteiger partial charge in [0.1, 0.15) is 11.3 Å². The maximum Gasteiger partial charge on any atom is 0.274 e. The normalized spacial score (nSPS) is 11.4. The molecule has 0 fully saturated rings. The quantitative estimate of drug-likeness (QED) is 0.659. The molecule has 8 nitrogen and oxygen atoms in total. The number of rotatable bonds is 5. The monoisotopic (exact) mass is 420 g/mol. The maximum absolute atomic E-state index is 12.8. The van der Waals surface area contributed by atoms with Crippen molar-refractivity contribution in [1.29, 1.82) is 0 Å². The third-order valence-electron chi connectivity index (χ3n) is 3.91. The minimum absolute atomic E-state index is 0.0865. The average molecular weight is 421 g/mol. The van der Waals surface area contributed by atoms with Crippen molar-refractivity contribution in [3.63, 3.8) is 0 Å². The average Bonchev–Trinajstić information content (AvgIpc) is 2.98. The number of nitrogens with zero attached hydrogens (tertiary/aromatic N) is 2. The van der Waals surface area contributed by atoms with E-state index >= 15 is 0 Å². The Morgan fingerprint density at radius 2 is 1.82 bits per heavy atom. The van der Waals surface area contributed by atoms with Crippen molar-refractivity contribution >= 4 is 44.8 Å². The number of benzene rings is 1. The molecule has 0 aliphatic heterocycles. The van der Waals surface area contributed by atoms with Gasteiger partial charge in [-0.05, 0) is 42.8 Å². The number of amides is 2. The Morgan fingerprint density at radius 3 is 2.43 bits per heavy atom. The molecule has 0 radical (unpaired) electrons. The summed E-state index contributed by atoms with van der Waals surface area (Å²) in [7, 11) is -3.93. The molecule has 28 heavy (non-hydrogen) atoms. The standard InChI is InChI=1S/C18H17ClN4O4S/c1-3-15-17(23-10-12(19)4-9-16(23)21-15)18(25)20-13-5-7-14(8-6-13)28(26,27)22-11(2)24/h4-10H,3H2,1-2H3,(H,20,25)(H,22,24). The molecule has 2 N–H and O–H groups in total. The number of carbonyl (C=O) groups is 2. The van der Waals surface area contributed by atoms with Gasteiger partial charge in [0.15, 0.2) is 0 Å². The fourth-order valence-electron chi connectivity index (χ4n) is 2.71. The number of hydrogen-bond donors (Lipinski definition) is 2. The van der Waals surface area contributed by atoms with Crippen molar-refractivity contribution in [2.75, 3.05) is 5.32 Å². The van der Waals surface area contributed by atoms with E-state index in [0.29, 0.717) is 34.2 Å². The van der Waals surface area contributed by atoms with Crippen LogP contribution in [0.1, 0.15) is 30.0 Å². The van der Waals surface area contributed by atoms with Crippen molar-refractivity contribution in [2.24, 2.45) is 0 Å². The van der Waals surface area contributed by atoms with Gasteiger partial charge < -0.3 is 5.32 Å². The van der Waals surface area contributed by atoms with Crippen LogP contribution in [0.3, 0.4) is 0 Å². The van der Waals surface area contributed by atoms with E-state index in [0.717, 1.165) is 6.92 Å². The molecule has 3 aromatic rings. The number of sulfonamides is 1. The molecule has 1 aromatic carbocycles. The second-order valence-corrected chi connectivity index (χ2v) is 8.10. The lowest BCUT2D eigenvalue weighted by molar-refractivity contribution is -0.117. The molecule has 0 saturated heterocycles. The summed E-state index contributed by atoms with van der Waals surface area (Å²) in [5.74, 6) is -1.08. The maximum atomic E-state index is 12.8. The highest BCUT2D eigenvalue weighted by Gasteiger charge is 2.19. The third-order valence-corrected chi connectivity index (χ3v) is 5.58. The second-order valence-electron chi connectivity index (χ2n) is 5.98. The zero-order chi connectivity index (χ0) is 20.5. The van der Waals surface area contributed by atoms with Crippen LogP contribution in [0.25, 0.3) is 5.65 Å². The Kier molecular flexibility index (Phi) is 5.39. The zero-order valence-corrected chi connectivity index (χ0v) is 16.6.